The zero-order chi connectivity index (χ0) is 22.4. The van der Waals surface area contributed by atoms with Crippen molar-refractivity contribution in [3.63, 3.8) is 0 Å². The van der Waals surface area contributed by atoms with Crippen molar-refractivity contribution in [3.05, 3.63) is 75.7 Å². The molecule has 1 aromatic heterocycles. The Morgan fingerprint density at radius 2 is 1.94 bits per heavy atom. The number of nitrogens with zero attached hydrogens (tertiary/aromatic N) is 2. The largest absolute Gasteiger partial charge is 0.345 e. The number of anilines is 1. The summed E-state index contributed by atoms with van der Waals surface area (Å²) in [6.07, 6.45) is 0. The quantitative estimate of drug-likeness (QED) is 0.240. The molecule has 2 heterocycles. The summed E-state index contributed by atoms with van der Waals surface area (Å²) in [6.45, 7) is 0. The van der Waals surface area contributed by atoms with Crippen LogP contribution in [0.3, 0.4) is 0 Å². The van der Waals surface area contributed by atoms with Gasteiger partial charge >= 0.3 is 0 Å². The maximum absolute atomic E-state index is 12.7. The highest BCUT2D eigenvalue weighted by Crippen LogP contribution is 2.45. The van der Waals surface area contributed by atoms with Crippen molar-refractivity contribution in [1.82, 2.24) is 10.6 Å². The molecule has 0 spiro atoms. The van der Waals surface area contributed by atoms with Gasteiger partial charge in [-0.3, -0.25) is 20.2 Å². The molecule has 0 bridgehead atoms. The average molecular weight is 481 g/mol. The molecule has 1 atom stereocenters. The van der Waals surface area contributed by atoms with Crippen molar-refractivity contribution in [1.29, 1.82) is 0 Å². The minimum atomic E-state index is -0.452. The molecule has 2 N–H and O–H groups in total. The molecular formula is C22H16N4O3S3. The first-order chi connectivity index (χ1) is 15.4. The first-order valence-corrected chi connectivity index (χ1v) is 11.7. The Balaban J connectivity index is 1.29. The van der Waals surface area contributed by atoms with Crippen LogP contribution in [0.5, 0.6) is 0 Å². The molecule has 0 aliphatic carbocycles. The van der Waals surface area contributed by atoms with Crippen LogP contribution in [0.25, 0.3) is 20.9 Å². The van der Waals surface area contributed by atoms with E-state index in [1.54, 1.807) is 23.9 Å². The molecule has 160 valence electrons. The van der Waals surface area contributed by atoms with E-state index in [2.05, 4.69) is 39.8 Å². The van der Waals surface area contributed by atoms with Crippen LogP contribution in [-0.2, 0) is 0 Å². The van der Waals surface area contributed by atoms with Gasteiger partial charge in [0.25, 0.3) is 11.6 Å². The molecule has 4 aromatic rings. The lowest BCUT2D eigenvalue weighted by Crippen LogP contribution is -2.48. The van der Waals surface area contributed by atoms with E-state index in [9.17, 15) is 14.9 Å². The predicted molar refractivity (Wildman–Crippen MR) is 134 cm³/mol. The Hall–Kier alpha value is -3.21. The third kappa shape index (κ3) is 3.66. The number of nitro groups is 1. The van der Waals surface area contributed by atoms with Crippen molar-refractivity contribution in [2.45, 2.75) is 10.4 Å². The number of thioether (sulfide) groups is 1. The maximum atomic E-state index is 12.7. The van der Waals surface area contributed by atoms with Gasteiger partial charge in [-0.2, -0.15) is 0 Å². The Kier molecular flexibility index (Phi) is 5.20. The summed E-state index contributed by atoms with van der Waals surface area (Å²) < 4.78 is 0.799. The number of rotatable bonds is 3. The maximum Gasteiger partial charge on any atom is 0.270 e. The average Bonchev–Trinajstić information content (AvgIpc) is 3.34. The van der Waals surface area contributed by atoms with Crippen molar-refractivity contribution < 1.29 is 9.72 Å². The number of nitrogens with one attached hydrogen (secondary N) is 2. The number of carbonyl (C=O) groups is 1. The molecule has 10 heteroatoms. The van der Waals surface area contributed by atoms with Crippen LogP contribution in [-0.4, -0.2) is 28.5 Å². The molecule has 5 rings (SSSR count). The fraction of sp³-hybridized carbons (Fsp3) is 0.0909. The van der Waals surface area contributed by atoms with E-state index in [1.165, 1.54) is 39.1 Å². The lowest BCUT2D eigenvalue weighted by atomic mass is 10.1. The Labute approximate surface area is 196 Å². The highest BCUT2D eigenvalue weighted by Gasteiger charge is 2.29. The highest BCUT2D eigenvalue weighted by atomic mass is 32.2. The van der Waals surface area contributed by atoms with Gasteiger partial charge in [0.2, 0.25) is 0 Å². The van der Waals surface area contributed by atoms with E-state index in [0.717, 1.165) is 10.4 Å². The number of fused-ring (bicyclic) bond motifs is 4. The number of carbonyl (C=O) groups excluding carboxylic acids is 1. The Morgan fingerprint density at radius 1 is 1.12 bits per heavy atom. The van der Waals surface area contributed by atoms with E-state index in [-0.39, 0.29) is 22.2 Å². The fourth-order valence-corrected chi connectivity index (χ4v) is 6.18. The van der Waals surface area contributed by atoms with E-state index >= 15 is 0 Å². The van der Waals surface area contributed by atoms with Gasteiger partial charge < -0.3 is 10.2 Å². The molecule has 1 amide bonds. The van der Waals surface area contributed by atoms with Gasteiger partial charge in [-0.25, -0.2) is 0 Å². The summed E-state index contributed by atoms with van der Waals surface area (Å²) in [4.78, 5) is 26.9. The fourth-order valence-electron chi connectivity index (χ4n) is 3.65. The number of nitro benzene ring substituents is 1. The SMILES string of the molecule is CN1c2ccc3ccccc3c2SC1NC(=S)NC(=O)c1cc2cc([N+](=O)[O-])ccc2s1. The molecule has 3 aromatic carbocycles. The zero-order valence-electron chi connectivity index (χ0n) is 16.7. The topological polar surface area (TPSA) is 87.5 Å². The Morgan fingerprint density at radius 3 is 2.75 bits per heavy atom. The van der Waals surface area contributed by atoms with Crippen molar-refractivity contribution in [2.24, 2.45) is 0 Å². The molecular weight excluding hydrogens is 464 g/mol. The lowest BCUT2D eigenvalue weighted by molar-refractivity contribution is -0.384. The van der Waals surface area contributed by atoms with Crippen LogP contribution in [0.1, 0.15) is 9.67 Å². The Bertz CT molecular complexity index is 1420. The standard InChI is InChI=1S/C22H16N4O3S3/c1-25-16-8-6-12-4-2-3-5-15(12)19(16)32-22(25)24-21(30)23-20(27)18-11-13-10-14(26(28)29)7-9-17(13)31-18/h2-11,22H,1H3,(H2,23,24,27,30). The second kappa shape index (κ2) is 8.05. The van der Waals surface area contributed by atoms with Crippen LogP contribution in [0.15, 0.2) is 65.6 Å². The normalized spacial score (nSPS) is 15.0. The smallest absolute Gasteiger partial charge is 0.270 e. The first kappa shape index (κ1) is 20.7. The summed E-state index contributed by atoms with van der Waals surface area (Å²) in [5.74, 6) is -0.347. The molecule has 0 radical (unpaired) electrons. The van der Waals surface area contributed by atoms with Crippen LogP contribution >= 0.6 is 35.3 Å². The third-order valence-electron chi connectivity index (χ3n) is 5.24. The number of thiophene rings is 1. The van der Waals surface area contributed by atoms with Gasteiger partial charge in [0.15, 0.2) is 10.6 Å². The summed E-state index contributed by atoms with van der Waals surface area (Å²) >= 11 is 8.31. The predicted octanol–water partition coefficient (Wildman–Crippen LogP) is 5.09. The zero-order valence-corrected chi connectivity index (χ0v) is 19.1. The van der Waals surface area contributed by atoms with Crippen molar-refractivity contribution in [3.8, 4) is 0 Å². The monoisotopic (exact) mass is 480 g/mol. The van der Waals surface area contributed by atoms with Crippen molar-refractivity contribution >= 4 is 78.6 Å². The molecule has 1 unspecified atom stereocenters. The van der Waals surface area contributed by atoms with Crippen LogP contribution in [0.2, 0.25) is 0 Å². The summed E-state index contributed by atoms with van der Waals surface area (Å²) in [6, 6.07) is 18.6. The van der Waals surface area contributed by atoms with Gasteiger partial charge in [-0.1, -0.05) is 42.1 Å². The summed E-state index contributed by atoms with van der Waals surface area (Å²) in [5.41, 5.74) is 0.938. The van der Waals surface area contributed by atoms with Gasteiger partial charge in [-0.15, -0.1) is 11.3 Å². The van der Waals surface area contributed by atoms with Crippen LogP contribution < -0.4 is 15.5 Å². The van der Waals surface area contributed by atoms with Gasteiger partial charge in [0.1, 0.15) is 0 Å². The van der Waals surface area contributed by atoms with Crippen LogP contribution in [0.4, 0.5) is 11.4 Å². The van der Waals surface area contributed by atoms with E-state index in [1.807, 2.05) is 19.2 Å². The second-order valence-electron chi connectivity index (χ2n) is 7.23. The van der Waals surface area contributed by atoms with Crippen LogP contribution in [0, 0.1) is 10.1 Å². The second-order valence-corrected chi connectivity index (χ2v) is 9.82. The number of non-ortho nitro benzene ring substituents is 1. The minimum absolute atomic E-state index is 0.00664. The molecule has 1 aliphatic heterocycles. The lowest BCUT2D eigenvalue weighted by Gasteiger charge is -2.23. The molecule has 1 aliphatic rings. The number of benzene rings is 3. The van der Waals surface area contributed by atoms with E-state index in [0.29, 0.717) is 10.3 Å². The van der Waals surface area contributed by atoms with E-state index in [4.69, 9.17) is 12.2 Å². The molecule has 7 nitrogen and oxygen atoms in total. The molecule has 32 heavy (non-hydrogen) atoms. The highest BCUT2D eigenvalue weighted by molar-refractivity contribution is 8.00. The van der Waals surface area contributed by atoms with Gasteiger partial charge in [-0.05, 0) is 41.2 Å². The number of hydrogen-bond donors (Lipinski definition) is 2. The summed E-state index contributed by atoms with van der Waals surface area (Å²) in [5, 5.41) is 20.1. The minimum Gasteiger partial charge on any atom is -0.345 e. The molecule has 0 saturated carbocycles. The number of hydrogen-bond acceptors (Lipinski definition) is 7. The van der Waals surface area contributed by atoms with Crippen molar-refractivity contribution in [2.75, 3.05) is 11.9 Å². The molecule has 0 saturated heterocycles. The summed E-state index contributed by atoms with van der Waals surface area (Å²) in [7, 11) is 1.98. The number of thiocarbonyl (C=S) groups is 1. The first-order valence-electron chi connectivity index (χ1n) is 9.62. The van der Waals surface area contributed by atoms with Gasteiger partial charge in [0.05, 0.1) is 15.5 Å². The van der Waals surface area contributed by atoms with E-state index < -0.39 is 4.92 Å². The third-order valence-corrected chi connectivity index (χ3v) is 7.89. The van der Waals surface area contributed by atoms with Gasteiger partial charge in [0, 0.05) is 34.2 Å². The molecule has 0 fully saturated rings. The number of amides is 1.